The lowest BCUT2D eigenvalue weighted by atomic mass is 10.1. The lowest BCUT2D eigenvalue weighted by Gasteiger charge is -2.22. The summed E-state index contributed by atoms with van der Waals surface area (Å²) in [6.45, 7) is 1.82. The summed E-state index contributed by atoms with van der Waals surface area (Å²) in [6, 6.07) is 4.86. The van der Waals surface area contributed by atoms with Gasteiger partial charge in [-0.05, 0) is 25.1 Å². The Bertz CT molecular complexity index is 459. The number of benzene rings is 1. The standard InChI is InChI=1S/C14H21NO5/c1-14(17,9-18-2)8-15-13(16)10-5-6-11(19-3)12(7-10)20-4/h5-7,17H,8-9H2,1-4H3,(H,15,16). The van der Waals surface area contributed by atoms with E-state index in [-0.39, 0.29) is 19.1 Å². The molecule has 0 fully saturated rings. The van der Waals surface area contributed by atoms with Crippen molar-refractivity contribution < 1.29 is 24.1 Å². The molecule has 20 heavy (non-hydrogen) atoms. The summed E-state index contributed by atoms with van der Waals surface area (Å²) in [7, 11) is 4.52. The van der Waals surface area contributed by atoms with Crippen LogP contribution in [-0.2, 0) is 4.74 Å². The molecule has 0 aromatic heterocycles. The van der Waals surface area contributed by atoms with Crippen molar-refractivity contribution in [3.8, 4) is 11.5 Å². The van der Waals surface area contributed by atoms with Crippen LogP contribution in [0.3, 0.4) is 0 Å². The second kappa shape index (κ2) is 7.12. The SMILES string of the molecule is COCC(C)(O)CNC(=O)c1ccc(OC)c(OC)c1. The second-order valence-corrected chi connectivity index (χ2v) is 4.68. The first-order valence-electron chi connectivity index (χ1n) is 6.15. The van der Waals surface area contributed by atoms with E-state index in [9.17, 15) is 9.90 Å². The zero-order valence-corrected chi connectivity index (χ0v) is 12.2. The maximum absolute atomic E-state index is 12.0. The van der Waals surface area contributed by atoms with Gasteiger partial charge in [-0.1, -0.05) is 0 Å². The van der Waals surface area contributed by atoms with Gasteiger partial charge >= 0.3 is 0 Å². The van der Waals surface area contributed by atoms with Gasteiger partial charge in [0.15, 0.2) is 11.5 Å². The van der Waals surface area contributed by atoms with Crippen LogP contribution in [0.2, 0.25) is 0 Å². The summed E-state index contributed by atoms with van der Waals surface area (Å²) in [5.41, 5.74) is -0.683. The second-order valence-electron chi connectivity index (χ2n) is 4.68. The highest BCUT2D eigenvalue weighted by molar-refractivity contribution is 5.94. The minimum absolute atomic E-state index is 0.0913. The molecule has 1 aromatic rings. The third kappa shape index (κ3) is 4.40. The number of nitrogens with one attached hydrogen (secondary N) is 1. The molecule has 0 aliphatic heterocycles. The van der Waals surface area contributed by atoms with E-state index in [0.29, 0.717) is 17.1 Å². The molecule has 0 heterocycles. The van der Waals surface area contributed by atoms with E-state index in [2.05, 4.69) is 5.32 Å². The van der Waals surface area contributed by atoms with Crippen molar-refractivity contribution in [2.45, 2.75) is 12.5 Å². The summed E-state index contributed by atoms with van der Waals surface area (Å²) in [4.78, 5) is 12.0. The average molecular weight is 283 g/mol. The summed E-state index contributed by atoms with van der Waals surface area (Å²) in [5.74, 6) is 0.724. The van der Waals surface area contributed by atoms with E-state index < -0.39 is 5.60 Å². The molecular weight excluding hydrogens is 262 g/mol. The molecule has 6 heteroatoms. The zero-order valence-electron chi connectivity index (χ0n) is 12.2. The van der Waals surface area contributed by atoms with Gasteiger partial charge in [-0.3, -0.25) is 4.79 Å². The van der Waals surface area contributed by atoms with Crippen LogP contribution in [0, 0.1) is 0 Å². The third-order valence-electron chi connectivity index (χ3n) is 2.73. The lowest BCUT2D eigenvalue weighted by molar-refractivity contribution is -0.0147. The van der Waals surface area contributed by atoms with Gasteiger partial charge in [0.2, 0.25) is 0 Å². The van der Waals surface area contributed by atoms with Crippen molar-refractivity contribution in [1.82, 2.24) is 5.32 Å². The zero-order chi connectivity index (χ0) is 15.2. The fourth-order valence-corrected chi connectivity index (χ4v) is 1.71. The number of carbonyl (C=O) groups excluding carboxylic acids is 1. The Balaban J connectivity index is 2.73. The molecule has 112 valence electrons. The van der Waals surface area contributed by atoms with Crippen molar-refractivity contribution in [2.24, 2.45) is 0 Å². The molecule has 6 nitrogen and oxygen atoms in total. The Labute approximate surface area is 118 Å². The highest BCUT2D eigenvalue weighted by Gasteiger charge is 2.21. The molecule has 0 aliphatic carbocycles. The number of aliphatic hydroxyl groups is 1. The number of amides is 1. The summed E-state index contributed by atoms with van der Waals surface area (Å²) in [5, 5.41) is 12.6. The molecule has 1 amide bonds. The van der Waals surface area contributed by atoms with Crippen molar-refractivity contribution in [3.63, 3.8) is 0 Å². The maximum Gasteiger partial charge on any atom is 0.251 e. The lowest BCUT2D eigenvalue weighted by Crippen LogP contribution is -2.43. The van der Waals surface area contributed by atoms with E-state index >= 15 is 0 Å². The molecule has 0 radical (unpaired) electrons. The fourth-order valence-electron chi connectivity index (χ4n) is 1.71. The van der Waals surface area contributed by atoms with E-state index in [1.54, 1.807) is 25.1 Å². The molecule has 1 unspecified atom stereocenters. The number of hydrogen-bond acceptors (Lipinski definition) is 5. The average Bonchev–Trinajstić information content (AvgIpc) is 2.44. The first kappa shape index (κ1) is 16.3. The van der Waals surface area contributed by atoms with Crippen molar-refractivity contribution in [3.05, 3.63) is 23.8 Å². The largest absolute Gasteiger partial charge is 0.493 e. The van der Waals surface area contributed by atoms with Gasteiger partial charge in [0, 0.05) is 19.2 Å². The van der Waals surface area contributed by atoms with Gasteiger partial charge in [-0.2, -0.15) is 0 Å². The van der Waals surface area contributed by atoms with Gasteiger partial charge < -0.3 is 24.6 Å². The van der Waals surface area contributed by atoms with Gasteiger partial charge in [0.1, 0.15) is 5.60 Å². The van der Waals surface area contributed by atoms with Crippen LogP contribution >= 0.6 is 0 Å². The molecule has 1 rings (SSSR count). The Morgan fingerprint density at radius 2 is 1.90 bits per heavy atom. The monoisotopic (exact) mass is 283 g/mol. The van der Waals surface area contributed by atoms with Crippen LogP contribution in [0.1, 0.15) is 17.3 Å². The summed E-state index contributed by atoms with van der Waals surface area (Å²) < 4.78 is 15.1. The smallest absolute Gasteiger partial charge is 0.251 e. The van der Waals surface area contributed by atoms with Gasteiger partial charge in [-0.25, -0.2) is 0 Å². The van der Waals surface area contributed by atoms with Crippen LogP contribution in [0.4, 0.5) is 0 Å². The van der Waals surface area contributed by atoms with E-state index in [4.69, 9.17) is 14.2 Å². The fraction of sp³-hybridized carbons (Fsp3) is 0.500. The maximum atomic E-state index is 12.0. The molecule has 0 aliphatic rings. The highest BCUT2D eigenvalue weighted by atomic mass is 16.5. The Kier molecular flexibility index (Phi) is 5.79. The van der Waals surface area contributed by atoms with Crippen LogP contribution in [-0.4, -0.2) is 51.1 Å². The first-order chi connectivity index (χ1) is 9.43. The Morgan fingerprint density at radius 3 is 2.45 bits per heavy atom. The number of methoxy groups -OCH3 is 3. The van der Waals surface area contributed by atoms with E-state index in [1.807, 2.05) is 0 Å². The predicted octanol–water partition coefficient (Wildman–Crippen LogP) is 0.831. The number of rotatable bonds is 7. The van der Waals surface area contributed by atoms with Crippen LogP contribution in [0.25, 0.3) is 0 Å². The third-order valence-corrected chi connectivity index (χ3v) is 2.73. The molecule has 0 saturated heterocycles. The summed E-state index contributed by atoms with van der Waals surface area (Å²) in [6.07, 6.45) is 0. The van der Waals surface area contributed by atoms with Crippen molar-refractivity contribution >= 4 is 5.91 Å². The van der Waals surface area contributed by atoms with Crippen LogP contribution in [0.5, 0.6) is 11.5 Å². The van der Waals surface area contributed by atoms with Crippen molar-refractivity contribution in [1.29, 1.82) is 0 Å². The molecule has 1 atom stereocenters. The minimum atomic E-state index is -1.11. The van der Waals surface area contributed by atoms with Crippen LogP contribution in [0.15, 0.2) is 18.2 Å². The number of ether oxygens (including phenoxy) is 3. The molecule has 1 aromatic carbocycles. The normalized spacial score (nSPS) is 13.4. The van der Waals surface area contributed by atoms with Gasteiger partial charge in [0.25, 0.3) is 5.91 Å². The number of carbonyl (C=O) groups is 1. The molecule has 0 saturated carbocycles. The molecule has 0 spiro atoms. The van der Waals surface area contributed by atoms with Gasteiger partial charge in [0.05, 0.1) is 20.8 Å². The topological polar surface area (TPSA) is 77.0 Å². The van der Waals surface area contributed by atoms with E-state index in [0.717, 1.165) is 0 Å². The minimum Gasteiger partial charge on any atom is -0.493 e. The molecule has 2 N–H and O–H groups in total. The summed E-state index contributed by atoms with van der Waals surface area (Å²) >= 11 is 0. The Morgan fingerprint density at radius 1 is 1.25 bits per heavy atom. The van der Waals surface area contributed by atoms with Crippen LogP contribution < -0.4 is 14.8 Å². The highest BCUT2D eigenvalue weighted by Crippen LogP contribution is 2.27. The first-order valence-corrected chi connectivity index (χ1v) is 6.15. The van der Waals surface area contributed by atoms with E-state index in [1.165, 1.54) is 21.3 Å². The molecule has 0 bridgehead atoms. The van der Waals surface area contributed by atoms with Gasteiger partial charge in [-0.15, -0.1) is 0 Å². The quantitative estimate of drug-likeness (QED) is 0.775. The number of hydrogen-bond donors (Lipinski definition) is 2. The predicted molar refractivity (Wildman–Crippen MR) is 74.4 cm³/mol. The Hall–Kier alpha value is -1.79. The van der Waals surface area contributed by atoms with Crippen molar-refractivity contribution in [2.75, 3.05) is 34.5 Å². The molecular formula is C14H21NO5.